The standard InChI is InChI=1S/C24H21Cl2NO3/c1-2-30-24(29)18-7-13-21(14-8-18)27-22(16-3-9-19(25)10-4-16)15-23(28)17-5-11-20(26)12-6-17/h3-14,22,27H,2,15H2,1H3/t22-/m0/s1. The quantitative estimate of drug-likeness (QED) is 0.316. The van der Waals surface area contributed by atoms with E-state index >= 15 is 0 Å². The van der Waals surface area contributed by atoms with E-state index in [0.717, 1.165) is 11.3 Å². The van der Waals surface area contributed by atoms with Gasteiger partial charge < -0.3 is 10.1 Å². The first-order valence-electron chi connectivity index (χ1n) is 9.54. The highest BCUT2D eigenvalue weighted by Gasteiger charge is 2.18. The maximum atomic E-state index is 12.8. The van der Waals surface area contributed by atoms with Crippen molar-refractivity contribution in [2.24, 2.45) is 0 Å². The van der Waals surface area contributed by atoms with Crippen LogP contribution >= 0.6 is 23.2 Å². The van der Waals surface area contributed by atoms with Crippen LogP contribution in [0.3, 0.4) is 0 Å². The number of benzene rings is 3. The molecule has 0 amide bonds. The number of hydrogen-bond acceptors (Lipinski definition) is 4. The van der Waals surface area contributed by atoms with Crippen molar-refractivity contribution in [3.63, 3.8) is 0 Å². The highest BCUT2D eigenvalue weighted by atomic mass is 35.5. The summed E-state index contributed by atoms with van der Waals surface area (Å²) in [5.41, 5.74) is 2.78. The minimum absolute atomic E-state index is 0.0118. The summed E-state index contributed by atoms with van der Waals surface area (Å²) in [6, 6.07) is 20.9. The van der Waals surface area contributed by atoms with Gasteiger partial charge in [-0.25, -0.2) is 4.79 Å². The third-order valence-electron chi connectivity index (χ3n) is 4.57. The van der Waals surface area contributed by atoms with Crippen LogP contribution in [0.5, 0.6) is 0 Å². The number of Topliss-reactive ketones (excluding diaryl/α,β-unsaturated/α-hetero) is 1. The molecule has 0 radical (unpaired) electrons. The number of hydrogen-bond donors (Lipinski definition) is 1. The minimum atomic E-state index is -0.365. The Bertz CT molecular complexity index is 1000. The van der Waals surface area contributed by atoms with Gasteiger partial charge in [-0.05, 0) is 73.2 Å². The van der Waals surface area contributed by atoms with Gasteiger partial charge in [0.15, 0.2) is 5.78 Å². The summed E-state index contributed by atoms with van der Waals surface area (Å²) in [6.07, 6.45) is 0.239. The Hall–Kier alpha value is -2.82. The summed E-state index contributed by atoms with van der Waals surface area (Å²) in [7, 11) is 0. The van der Waals surface area contributed by atoms with E-state index in [-0.39, 0.29) is 24.2 Å². The number of esters is 1. The fourth-order valence-electron chi connectivity index (χ4n) is 3.00. The average Bonchev–Trinajstić information content (AvgIpc) is 2.75. The molecule has 0 bridgehead atoms. The molecule has 3 aromatic carbocycles. The Balaban J connectivity index is 1.81. The minimum Gasteiger partial charge on any atom is -0.462 e. The summed E-state index contributed by atoms with van der Waals surface area (Å²) in [5.74, 6) is -0.376. The first-order valence-corrected chi connectivity index (χ1v) is 10.3. The number of nitrogens with one attached hydrogen (secondary N) is 1. The molecule has 6 heteroatoms. The van der Waals surface area contributed by atoms with Crippen molar-refractivity contribution in [1.82, 2.24) is 0 Å². The van der Waals surface area contributed by atoms with Crippen LogP contribution in [-0.2, 0) is 4.74 Å². The summed E-state index contributed by atoms with van der Waals surface area (Å²) in [5, 5.41) is 4.59. The molecule has 0 saturated carbocycles. The Morgan fingerprint density at radius 1 is 0.833 bits per heavy atom. The second-order valence-corrected chi connectivity index (χ2v) is 7.55. The number of carbonyl (C=O) groups is 2. The Morgan fingerprint density at radius 2 is 1.37 bits per heavy atom. The predicted octanol–water partition coefficient (Wildman–Crippen LogP) is 6.60. The van der Waals surface area contributed by atoms with Gasteiger partial charge in [0, 0.05) is 27.7 Å². The summed E-state index contributed by atoms with van der Waals surface area (Å²) >= 11 is 11.9. The molecule has 1 atom stereocenters. The van der Waals surface area contributed by atoms with Crippen molar-refractivity contribution >= 4 is 40.6 Å². The summed E-state index contributed by atoms with van der Waals surface area (Å²) in [4.78, 5) is 24.7. The fraction of sp³-hybridized carbons (Fsp3) is 0.167. The maximum absolute atomic E-state index is 12.8. The van der Waals surface area contributed by atoms with Crippen LogP contribution in [0.4, 0.5) is 5.69 Å². The highest BCUT2D eigenvalue weighted by molar-refractivity contribution is 6.30. The van der Waals surface area contributed by atoms with E-state index in [1.165, 1.54) is 0 Å². The molecule has 0 aliphatic rings. The average molecular weight is 442 g/mol. The molecule has 0 aromatic heterocycles. The van der Waals surface area contributed by atoms with E-state index in [9.17, 15) is 9.59 Å². The SMILES string of the molecule is CCOC(=O)c1ccc(N[C@@H](CC(=O)c2ccc(Cl)cc2)c2ccc(Cl)cc2)cc1. The smallest absolute Gasteiger partial charge is 0.338 e. The molecular weight excluding hydrogens is 421 g/mol. The zero-order valence-corrected chi connectivity index (χ0v) is 17.9. The molecule has 0 unspecified atom stereocenters. The first kappa shape index (κ1) is 21.9. The van der Waals surface area contributed by atoms with Gasteiger partial charge in [0.2, 0.25) is 0 Å². The first-order chi connectivity index (χ1) is 14.5. The number of carbonyl (C=O) groups excluding carboxylic acids is 2. The zero-order valence-electron chi connectivity index (χ0n) is 16.4. The number of anilines is 1. The molecule has 3 rings (SSSR count). The van der Waals surface area contributed by atoms with Crippen LogP contribution in [0.1, 0.15) is 45.7 Å². The number of rotatable bonds is 8. The van der Waals surface area contributed by atoms with Crippen molar-refractivity contribution in [2.75, 3.05) is 11.9 Å². The topological polar surface area (TPSA) is 55.4 Å². The predicted molar refractivity (Wildman–Crippen MR) is 121 cm³/mol. The second-order valence-electron chi connectivity index (χ2n) is 6.68. The Labute approximate surface area is 185 Å². The van der Waals surface area contributed by atoms with E-state index in [2.05, 4.69) is 5.32 Å². The highest BCUT2D eigenvalue weighted by Crippen LogP contribution is 2.26. The third kappa shape index (κ3) is 5.85. The van der Waals surface area contributed by atoms with Gasteiger partial charge in [0.25, 0.3) is 0 Å². The molecule has 4 nitrogen and oxygen atoms in total. The van der Waals surface area contributed by atoms with Crippen LogP contribution in [0.15, 0.2) is 72.8 Å². The lowest BCUT2D eigenvalue weighted by molar-refractivity contribution is 0.0526. The Kier molecular flexibility index (Phi) is 7.50. The summed E-state index contributed by atoms with van der Waals surface area (Å²) in [6.45, 7) is 2.09. The molecule has 3 aromatic rings. The van der Waals surface area contributed by atoms with Crippen LogP contribution < -0.4 is 5.32 Å². The number of ether oxygens (including phenoxy) is 1. The second kappa shape index (κ2) is 10.3. The fourth-order valence-corrected chi connectivity index (χ4v) is 3.26. The van der Waals surface area contributed by atoms with Crippen molar-refractivity contribution in [3.8, 4) is 0 Å². The van der Waals surface area contributed by atoms with Crippen LogP contribution in [0.2, 0.25) is 10.0 Å². The normalized spacial score (nSPS) is 11.6. The molecule has 0 fully saturated rings. The molecule has 0 spiro atoms. The molecule has 1 N–H and O–H groups in total. The third-order valence-corrected chi connectivity index (χ3v) is 5.07. The van der Waals surface area contributed by atoms with E-state index < -0.39 is 0 Å². The number of halogens is 2. The van der Waals surface area contributed by atoms with Gasteiger partial charge in [-0.1, -0.05) is 35.3 Å². The molecular formula is C24H21Cl2NO3. The Morgan fingerprint density at radius 3 is 1.93 bits per heavy atom. The van der Waals surface area contributed by atoms with Crippen molar-refractivity contribution in [3.05, 3.63) is 99.5 Å². The maximum Gasteiger partial charge on any atom is 0.338 e. The van der Waals surface area contributed by atoms with E-state index in [0.29, 0.717) is 27.8 Å². The van der Waals surface area contributed by atoms with E-state index in [1.54, 1.807) is 67.6 Å². The summed E-state index contributed by atoms with van der Waals surface area (Å²) < 4.78 is 5.01. The molecule has 0 aliphatic heterocycles. The molecule has 30 heavy (non-hydrogen) atoms. The lowest BCUT2D eigenvalue weighted by Gasteiger charge is -2.20. The van der Waals surface area contributed by atoms with Gasteiger partial charge in [0.1, 0.15) is 0 Å². The largest absolute Gasteiger partial charge is 0.462 e. The number of ketones is 1. The van der Waals surface area contributed by atoms with E-state index in [1.807, 2.05) is 12.1 Å². The van der Waals surface area contributed by atoms with Crippen LogP contribution in [0, 0.1) is 0 Å². The van der Waals surface area contributed by atoms with Gasteiger partial charge in [-0.2, -0.15) is 0 Å². The van der Waals surface area contributed by atoms with Gasteiger partial charge in [0.05, 0.1) is 18.2 Å². The van der Waals surface area contributed by atoms with Gasteiger partial charge in [-0.15, -0.1) is 0 Å². The zero-order chi connectivity index (χ0) is 21.5. The molecule has 0 saturated heterocycles. The van der Waals surface area contributed by atoms with Crippen molar-refractivity contribution in [2.45, 2.75) is 19.4 Å². The molecule has 154 valence electrons. The molecule has 0 heterocycles. The van der Waals surface area contributed by atoms with Crippen molar-refractivity contribution in [1.29, 1.82) is 0 Å². The van der Waals surface area contributed by atoms with E-state index in [4.69, 9.17) is 27.9 Å². The van der Waals surface area contributed by atoms with Crippen LogP contribution in [-0.4, -0.2) is 18.4 Å². The lowest BCUT2D eigenvalue weighted by atomic mass is 9.97. The van der Waals surface area contributed by atoms with Gasteiger partial charge in [-0.3, -0.25) is 4.79 Å². The van der Waals surface area contributed by atoms with Crippen LogP contribution in [0.25, 0.3) is 0 Å². The van der Waals surface area contributed by atoms with Gasteiger partial charge >= 0.3 is 5.97 Å². The van der Waals surface area contributed by atoms with Crippen molar-refractivity contribution < 1.29 is 14.3 Å². The molecule has 0 aliphatic carbocycles. The monoisotopic (exact) mass is 441 g/mol. The lowest BCUT2D eigenvalue weighted by Crippen LogP contribution is -2.16.